The number of halogens is 3. The Labute approximate surface area is 107 Å². The summed E-state index contributed by atoms with van der Waals surface area (Å²) in [6.07, 6.45) is 2.93. The molecule has 0 aliphatic carbocycles. The van der Waals surface area contributed by atoms with E-state index in [1.807, 2.05) is 0 Å². The number of pyridine rings is 1. The lowest BCUT2D eigenvalue weighted by molar-refractivity contribution is 0.481. The van der Waals surface area contributed by atoms with E-state index in [4.69, 9.17) is 33.7 Å². The molecule has 2 aromatic rings. The molecule has 1 heterocycles. The van der Waals surface area contributed by atoms with Gasteiger partial charge in [-0.1, -0.05) is 23.2 Å². The lowest BCUT2D eigenvalue weighted by atomic mass is 10.3. The van der Waals surface area contributed by atoms with Crippen molar-refractivity contribution >= 4 is 28.9 Å². The molecule has 0 amide bonds. The summed E-state index contributed by atoms with van der Waals surface area (Å²) in [7, 11) is 0. The summed E-state index contributed by atoms with van der Waals surface area (Å²) in [6, 6.07) is 3.95. The van der Waals surface area contributed by atoms with Gasteiger partial charge in [-0.05, 0) is 0 Å². The molecule has 0 spiro atoms. The summed E-state index contributed by atoms with van der Waals surface area (Å²) in [5.41, 5.74) is 5.74. The molecule has 0 saturated heterocycles. The Morgan fingerprint density at radius 1 is 1.18 bits per heavy atom. The zero-order valence-corrected chi connectivity index (χ0v) is 9.97. The molecule has 88 valence electrons. The van der Waals surface area contributed by atoms with Crippen LogP contribution in [-0.2, 0) is 0 Å². The highest BCUT2D eigenvalue weighted by atomic mass is 35.5. The maximum absolute atomic E-state index is 13.1. The molecule has 2 N–H and O–H groups in total. The van der Waals surface area contributed by atoms with Gasteiger partial charge in [0.2, 0.25) is 0 Å². The predicted octanol–water partition coefficient (Wildman–Crippen LogP) is 3.90. The smallest absolute Gasteiger partial charge is 0.152 e. The van der Waals surface area contributed by atoms with Crippen LogP contribution in [0.4, 0.5) is 10.1 Å². The minimum absolute atomic E-state index is 0.0656. The van der Waals surface area contributed by atoms with Crippen LogP contribution >= 0.6 is 23.2 Å². The van der Waals surface area contributed by atoms with Crippen molar-refractivity contribution in [2.24, 2.45) is 0 Å². The van der Waals surface area contributed by atoms with Gasteiger partial charge in [0, 0.05) is 24.4 Å². The maximum atomic E-state index is 13.1. The van der Waals surface area contributed by atoms with E-state index in [0.29, 0.717) is 10.8 Å². The van der Waals surface area contributed by atoms with Gasteiger partial charge >= 0.3 is 0 Å². The van der Waals surface area contributed by atoms with Crippen molar-refractivity contribution in [2.75, 3.05) is 5.73 Å². The van der Waals surface area contributed by atoms with E-state index < -0.39 is 5.82 Å². The molecule has 0 saturated carbocycles. The van der Waals surface area contributed by atoms with Crippen LogP contribution in [0.3, 0.4) is 0 Å². The SMILES string of the molecule is Nc1cc(F)c(Cl)cc1Oc1cncc(Cl)c1. The Morgan fingerprint density at radius 3 is 2.65 bits per heavy atom. The first-order valence-electron chi connectivity index (χ1n) is 4.59. The first-order valence-corrected chi connectivity index (χ1v) is 5.35. The Kier molecular flexibility index (Phi) is 3.36. The van der Waals surface area contributed by atoms with Gasteiger partial charge in [-0.15, -0.1) is 0 Å². The van der Waals surface area contributed by atoms with Crippen LogP contribution in [0, 0.1) is 5.82 Å². The van der Waals surface area contributed by atoms with Gasteiger partial charge in [0.05, 0.1) is 21.9 Å². The Hall–Kier alpha value is -1.52. The van der Waals surface area contributed by atoms with Crippen LogP contribution in [0.25, 0.3) is 0 Å². The summed E-state index contributed by atoms with van der Waals surface area (Å²) in [4.78, 5) is 3.85. The molecule has 3 nitrogen and oxygen atoms in total. The zero-order valence-electron chi connectivity index (χ0n) is 8.45. The normalized spacial score (nSPS) is 10.3. The summed E-state index contributed by atoms with van der Waals surface area (Å²) in [6.45, 7) is 0. The first kappa shape index (κ1) is 12.0. The van der Waals surface area contributed by atoms with Crippen LogP contribution in [0.15, 0.2) is 30.6 Å². The van der Waals surface area contributed by atoms with E-state index in [2.05, 4.69) is 4.98 Å². The number of hydrogen-bond donors (Lipinski definition) is 1. The second-order valence-electron chi connectivity index (χ2n) is 3.25. The zero-order chi connectivity index (χ0) is 12.4. The lowest BCUT2D eigenvalue weighted by Gasteiger charge is -2.09. The molecule has 0 unspecified atom stereocenters. The van der Waals surface area contributed by atoms with Crippen molar-refractivity contribution < 1.29 is 9.13 Å². The molecule has 1 aromatic heterocycles. The third kappa shape index (κ3) is 2.78. The number of aromatic nitrogens is 1. The Balaban J connectivity index is 2.33. The van der Waals surface area contributed by atoms with Crippen molar-refractivity contribution in [3.63, 3.8) is 0 Å². The van der Waals surface area contributed by atoms with Crippen LogP contribution in [0.2, 0.25) is 10.0 Å². The highest BCUT2D eigenvalue weighted by Crippen LogP contribution is 2.32. The lowest BCUT2D eigenvalue weighted by Crippen LogP contribution is -1.94. The number of hydrogen-bond acceptors (Lipinski definition) is 3. The van der Waals surface area contributed by atoms with Crippen molar-refractivity contribution in [3.05, 3.63) is 46.5 Å². The highest BCUT2D eigenvalue weighted by molar-refractivity contribution is 6.31. The van der Waals surface area contributed by atoms with Crippen LogP contribution in [-0.4, -0.2) is 4.98 Å². The van der Waals surface area contributed by atoms with Crippen molar-refractivity contribution in [1.82, 2.24) is 4.98 Å². The molecule has 2 rings (SSSR count). The van der Waals surface area contributed by atoms with Gasteiger partial charge in [0.1, 0.15) is 11.6 Å². The van der Waals surface area contributed by atoms with E-state index in [0.717, 1.165) is 6.07 Å². The van der Waals surface area contributed by atoms with Gasteiger partial charge in [-0.2, -0.15) is 0 Å². The number of nitrogen functional groups attached to an aromatic ring is 1. The molecule has 6 heteroatoms. The summed E-state index contributed by atoms with van der Waals surface area (Å²) >= 11 is 11.4. The van der Waals surface area contributed by atoms with Gasteiger partial charge in [0.15, 0.2) is 5.75 Å². The largest absolute Gasteiger partial charge is 0.453 e. The van der Waals surface area contributed by atoms with Crippen molar-refractivity contribution in [2.45, 2.75) is 0 Å². The average molecular weight is 273 g/mol. The van der Waals surface area contributed by atoms with Crippen LogP contribution in [0.1, 0.15) is 0 Å². The molecule has 1 aromatic carbocycles. The van der Waals surface area contributed by atoms with Gasteiger partial charge in [0.25, 0.3) is 0 Å². The third-order valence-corrected chi connectivity index (χ3v) is 2.46. The number of nitrogens with zero attached hydrogens (tertiary/aromatic N) is 1. The fourth-order valence-electron chi connectivity index (χ4n) is 1.21. The molecular formula is C11H7Cl2FN2O. The second kappa shape index (κ2) is 4.77. The van der Waals surface area contributed by atoms with Crippen molar-refractivity contribution in [1.29, 1.82) is 0 Å². The fraction of sp³-hybridized carbons (Fsp3) is 0. The topological polar surface area (TPSA) is 48.1 Å². The van der Waals surface area contributed by atoms with E-state index in [9.17, 15) is 4.39 Å². The van der Waals surface area contributed by atoms with E-state index >= 15 is 0 Å². The minimum atomic E-state index is -0.597. The fourth-order valence-corrected chi connectivity index (χ4v) is 1.53. The van der Waals surface area contributed by atoms with Gasteiger partial charge in [-0.3, -0.25) is 4.98 Å². The molecule has 0 aliphatic rings. The first-order chi connectivity index (χ1) is 8.06. The number of rotatable bonds is 2. The maximum Gasteiger partial charge on any atom is 0.152 e. The number of nitrogens with two attached hydrogens (primary N) is 1. The summed E-state index contributed by atoms with van der Waals surface area (Å²) in [5, 5.41) is 0.360. The standard InChI is InChI=1S/C11H7Cl2FN2O/c12-6-1-7(5-16-4-6)17-11-2-8(13)9(14)3-10(11)15/h1-5H,15H2. The minimum Gasteiger partial charge on any atom is -0.453 e. The second-order valence-corrected chi connectivity index (χ2v) is 4.09. The Morgan fingerprint density at radius 2 is 1.94 bits per heavy atom. The molecule has 0 atom stereocenters. The summed E-state index contributed by atoms with van der Waals surface area (Å²) < 4.78 is 18.5. The predicted molar refractivity (Wildman–Crippen MR) is 65.1 cm³/mol. The van der Waals surface area contributed by atoms with E-state index in [1.54, 1.807) is 6.07 Å². The molecule has 0 aliphatic heterocycles. The number of ether oxygens (including phenoxy) is 1. The average Bonchev–Trinajstić information content (AvgIpc) is 2.26. The highest BCUT2D eigenvalue weighted by Gasteiger charge is 2.08. The Bertz CT molecular complexity index is 563. The molecule has 0 radical (unpaired) electrons. The van der Waals surface area contributed by atoms with E-state index in [1.165, 1.54) is 18.5 Å². The quantitative estimate of drug-likeness (QED) is 0.844. The van der Waals surface area contributed by atoms with Crippen molar-refractivity contribution in [3.8, 4) is 11.5 Å². The molecule has 0 bridgehead atoms. The molecule has 17 heavy (non-hydrogen) atoms. The van der Waals surface area contributed by atoms with Crippen LogP contribution in [0.5, 0.6) is 11.5 Å². The van der Waals surface area contributed by atoms with Crippen LogP contribution < -0.4 is 10.5 Å². The monoisotopic (exact) mass is 272 g/mol. The third-order valence-electron chi connectivity index (χ3n) is 1.96. The van der Waals surface area contributed by atoms with E-state index in [-0.39, 0.29) is 16.5 Å². The number of anilines is 1. The summed E-state index contributed by atoms with van der Waals surface area (Å²) in [5.74, 6) is 0.0491. The number of benzene rings is 1. The van der Waals surface area contributed by atoms with Gasteiger partial charge < -0.3 is 10.5 Å². The molecular weight excluding hydrogens is 266 g/mol. The van der Waals surface area contributed by atoms with Gasteiger partial charge in [-0.25, -0.2) is 4.39 Å². The molecule has 0 fully saturated rings.